The molecule has 1 aromatic rings. The summed E-state index contributed by atoms with van der Waals surface area (Å²) in [5.41, 5.74) is 1.16. The highest BCUT2D eigenvalue weighted by Crippen LogP contribution is 2.18. The number of aliphatic imine (C=N–C) groups is 1. The molecule has 2 rings (SSSR count). The van der Waals surface area contributed by atoms with Gasteiger partial charge in [0.25, 0.3) is 0 Å². The second-order valence-corrected chi connectivity index (χ2v) is 5.69. The fourth-order valence-electron chi connectivity index (χ4n) is 2.65. The highest BCUT2D eigenvalue weighted by molar-refractivity contribution is 14.0. The second-order valence-electron chi connectivity index (χ2n) is 5.69. The lowest BCUT2D eigenvalue weighted by Gasteiger charge is -2.26. The highest BCUT2D eigenvalue weighted by atomic mass is 127. The standard InChI is InChI=1S/C15H27N5O.HI/c1-16-15(17-10-14-11-18-20(3)12-14)19(2)7-4-13-5-8-21-9-6-13;/h11-13H,4-10H2,1-3H3,(H,16,17);1H. The lowest BCUT2D eigenvalue weighted by atomic mass is 9.96. The van der Waals surface area contributed by atoms with E-state index in [2.05, 4.69) is 27.4 Å². The average Bonchev–Trinajstić information content (AvgIpc) is 2.92. The Kier molecular flexibility index (Phi) is 8.77. The van der Waals surface area contributed by atoms with E-state index in [9.17, 15) is 0 Å². The van der Waals surface area contributed by atoms with E-state index in [1.54, 1.807) is 0 Å². The molecule has 1 N–H and O–H groups in total. The van der Waals surface area contributed by atoms with Crippen LogP contribution in [0.4, 0.5) is 0 Å². The van der Waals surface area contributed by atoms with Crippen molar-refractivity contribution >= 4 is 29.9 Å². The number of hydrogen-bond donors (Lipinski definition) is 1. The van der Waals surface area contributed by atoms with Gasteiger partial charge in [-0.1, -0.05) is 0 Å². The molecule has 1 aromatic heterocycles. The summed E-state index contributed by atoms with van der Waals surface area (Å²) in [7, 11) is 5.85. The van der Waals surface area contributed by atoms with Crippen molar-refractivity contribution in [1.82, 2.24) is 20.0 Å². The summed E-state index contributed by atoms with van der Waals surface area (Å²) < 4.78 is 7.22. The van der Waals surface area contributed by atoms with Gasteiger partial charge in [-0.15, -0.1) is 24.0 Å². The molecule has 0 bridgehead atoms. The largest absolute Gasteiger partial charge is 0.381 e. The minimum absolute atomic E-state index is 0. The van der Waals surface area contributed by atoms with Crippen LogP contribution in [0.5, 0.6) is 0 Å². The Labute approximate surface area is 150 Å². The summed E-state index contributed by atoms with van der Waals surface area (Å²) in [4.78, 5) is 6.55. The van der Waals surface area contributed by atoms with Crippen molar-refractivity contribution in [2.75, 3.05) is 33.9 Å². The van der Waals surface area contributed by atoms with Gasteiger partial charge in [-0.2, -0.15) is 5.10 Å². The number of ether oxygens (including phenoxy) is 1. The highest BCUT2D eigenvalue weighted by Gasteiger charge is 2.15. The van der Waals surface area contributed by atoms with Crippen LogP contribution in [0.3, 0.4) is 0 Å². The summed E-state index contributed by atoms with van der Waals surface area (Å²) in [6.07, 6.45) is 7.48. The van der Waals surface area contributed by atoms with Crippen LogP contribution in [0.15, 0.2) is 17.4 Å². The first kappa shape index (κ1) is 19.2. The zero-order valence-electron chi connectivity index (χ0n) is 13.8. The molecule has 0 saturated carbocycles. The fraction of sp³-hybridized carbons (Fsp3) is 0.733. The molecule has 0 amide bonds. The Morgan fingerprint density at radius 3 is 2.82 bits per heavy atom. The molecule has 7 heteroatoms. The Balaban J connectivity index is 0.00000242. The first-order valence-electron chi connectivity index (χ1n) is 7.66. The molecule has 0 radical (unpaired) electrons. The van der Waals surface area contributed by atoms with Crippen LogP contribution in [0.2, 0.25) is 0 Å². The topological polar surface area (TPSA) is 54.7 Å². The van der Waals surface area contributed by atoms with Crippen LogP contribution < -0.4 is 5.32 Å². The Morgan fingerprint density at radius 1 is 1.50 bits per heavy atom. The Bertz CT molecular complexity index is 457. The van der Waals surface area contributed by atoms with E-state index in [4.69, 9.17) is 4.74 Å². The zero-order valence-corrected chi connectivity index (χ0v) is 16.1. The summed E-state index contributed by atoms with van der Waals surface area (Å²) in [6.45, 7) is 3.62. The van der Waals surface area contributed by atoms with Gasteiger partial charge in [0.2, 0.25) is 0 Å². The summed E-state index contributed by atoms with van der Waals surface area (Å²) in [6, 6.07) is 0. The van der Waals surface area contributed by atoms with Crippen LogP contribution in [0.25, 0.3) is 0 Å². The molecule has 6 nitrogen and oxygen atoms in total. The normalized spacial score (nSPS) is 16.2. The third kappa shape index (κ3) is 6.12. The van der Waals surface area contributed by atoms with Crippen LogP contribution in [0.1, 0.15) is 24.8 Å². The number of guanidine groups is 1. The van der Waals surface area contributed by atoms with Gasteiger partial charge in [-0.05, 0) is 25.2 Å². The maximum atomic E-state index is 5.41. The molecule has 0 aliphatic carbocycles. The summed E-state index contributed by atoms with van der Waals surface area (Å²) in [5.74, 6) is 1.73. The molecular weight excluding hydrogens is 393 g/mol. The number of aryl methyl sites for hydroxylation is 1. The van der Waals surface area contributed by atoms with Crippen molar-refractivity contribution in [1.29, 1.82) is 0 Å². The quantitative estimate of drug-likeness (QED) is 0.448. The Morgan fingerprint density at radius 2 is 2.23 bits per heavy atom. The minimum Gasteiger partial charge on any atom is -0.381 e. The van der Waals surface area contributed by atoms with Crippen molar-refractivity contribution in [2.24, 2.45) is 18.0 Å². The van der Waals surface area contributed by atoms with E-state index in [1.807, 2.05) is 31.2 Å². The lowest BCUT2D eigenvalue weighted by molar-refractivity contribution is 0.0625. The van der Waals surface area contributed by atoms with Gasteiger partial charge in [0.15, 0.2) is 5.96 Å². The van der Waals surface area contributed by atoms with Crippen LogP contribution in [0, 0.1) is 5.92 Å². The van der Waals surface area contributed by atoms with Crippen LogP contribution in [-0.4, -0.2) is 54.5 Å². The van der Waals surface area contributed by atoms with E-state index >= 15 is 0 Å². The van der Waals surface area contributed by atoms with Gasteiger partial charge in [-0.3, -0.25) is 9.67 Å². The van der Waals surface area contributed by atoms with Crippen molar-refractivity contribution in [2.45, 2.75) is 25.8 Å². The van der Waals surface area contributed by atoms with Gasteiger partial charge in [0.1, 0.15) is 0 Å². The molecule has 1 saturated heterocycles. The van der Waals surface area contributed by atoms with E-state index in [1.165, 1.54) is 19.3 Å². The second kappa shape index (κ2) is 10.0. The molecule has 2 heterocycles. The van der Waals surface area contributed by atoms with Crippen LogP contribution >= 0.6 is 24.0 Å². The number of halogens is 1. The predicted molar refractivity (Wildman–Crippen MR) is 99.6 cm³/mol. The van der Waals surface area contributed by atoms with E-state index in [0.717, 1.165) is 43.7 Å². The molecule has 126 valence electrons. The number of nitrogens with zero attached hydrogens (tertiary/aromatic N) is 4. The number of nitrogens with one attached hydrogen (secondary N) is 1. The third-order valence-corrected chi connectivity index (χ3v) is 4.00. The van der Waals surface area contributed by atoms with Gasteiger partial charge >= 0.3 is 0 Å². The van der Waals surface area contributed by atoms with Gasteiger partial charge in [-0.25, -0.2) is 0 Å². The van der Waals surface area contributed by atoms with Gasteiger partial charge < -0.3 is 15.0 Å². The molecule has 0 aromatic carbocycles. The van der Waals surface area contributed by atoms with E-state index in [0.29, 0.717) is 0 Å². The molecule has 1 fully saturated rings. The average molecular weight is 421 g/mol. The molecule has 0 spiro atoms. The smallest absolute Gasteiger partial charge is 0.193 e. The maximum Gasteiger partial charge on any atom is 0.193 e. The summed E-state index contributed by atoms with van der Waals surface area (Å²) in [5, 5.41) is 7.56. The van der Waals surface area contributed by atoms with Gasteiger partial charge in [0, 0.05) is 59.2 Å². The third-order valence-electron chi connectivity index (χ3n) is 4.00. The number of aromatic nitrogens is 2. The first-order valence-corrected chi connectivity index (χ1v) is 7.66. The maximum absolute atomic E-state index is 5.41. The monoisotopic (exact) mass is 421 g/mol. The molecule has 0 unspecified atom stereocenters. The fourth-order valence-corrected chi connectivity index (χ4v) is 2.65. The first-order chi connectivity index (χ1) is 10.2. The van der Waals surface area contributed by atoms with Crippen LogP contribution in [-0.2, 0) is 18.3 Å². The molecule has 1 aliphatic rings. The van der Waals surface area contributed by atoms with Crippen molar-refractivity contribution in [3.63, 3.8) is 0 Å². The van der Waals surface area contributed by atoms with Crippen molar-refractivity contribution < 1.29 is 4.74 Å². The Hall–Kier alpha value is -0.830. The predicted octanol–water partition coefficient (Wildman–Crippen LogP) is 1.86. The zero-order chi connectivity index (χ0) is 15.1. The van der Waals surface area contributed by atoms with E-state index in [-0.39, 0.29) is 24.0 Å². The summed E-state index contributed by atoms with van der Waals surface area (Å²) >= 11 is 0. The van der Waals surface area contributed by atoms with Crippen molar-refractivity contribution in [3.05, 3.63) is 18.0 Å². The van der Waals surface area contributed by atoms with Gasteiger partial charge in [0.05, 0.1) is 6.20 Å². The molecule has 0 atom stereocenters. The van der Waals surface area contributed by atoms with Crippen molar-refractivity contribution in [3.8, 4) is 0 Å². The lowest BCUT2D eigenvalue weighted by Crippen LogP contribution is -2.39. The van der Waals surface area contributed by atoms with E-state index < -0.39 is 0 Å². The molecule has 1 aliphatic heterocycles. The molecule has 22 heavy (non-hydrogen) atoms. The number of hydrogen-bond acceptors (Lipinski definition) is 3. The molecular formula is C15H28IN5O. The SMILES string of the molecule is CN=C(NCc1cnn(C)c1)N(C)CCC1CCOCC1.I. The number of rotatable bonds is 5. The minimum atomic E-state index is 0.